The van der Waals surface area contributed by atoms with Crippen LogP contribution in [0, 0.1) is 11.8 Å². The normalized spacial score (nSPS) is 47.2. The lowest BCUT2D eigenvalue weighted by molar-refractivity contribution is -0.372. The number of hydrogen-bond acceptors (Lipinski definition) is 51. The molecule has 746 valence electrons. The molecule has 0 aromatic heterocycles. The Labute approximate surface area is 736 Å². The highest BCUT2D eigenvalue weighted by Crippen LogP contribution is 2.40. The number of aliphatic carboxylic acids is 1. The van der Waals surface area contributed by atoms with Gasteiger partial charge < -0.3 is 234 Å². The van der Waals surface area contributed by atoms with Crippen LogP contribution in [0.25, 0.3) is 0 Å². The Bertz CT molecular complexity index is 3690. The van der Waals surface area contributed by atoms with Crippen LogP contribution in [0.5, 0.6) is 0 Å². The minimum absolute atomic E-state index is 0.275. The largest absolute Gasteiger partial charge is 0.479 e. The van der Waals surface area contributed by atoms with Gasteiger partial charge in [0.15, 0.2) is 81.2 Å². The molecule has 10 aliphatic rings. The van der Waals surface area contributed by atoms with Crippen molar-refractivity contribution in [3.63, 3.8) is 0 Å². The summed E-state index contributed by atoms with van der Waals surface area (Å²) in [7, 11) is 2.19. The molecule has 10 heterocycles. The van der Waals surface area contributed by atoms with E-state index in [-0.39, 0.29) is 6.29 Å². The first-order valence-corrected chi connectivity index (χ1v) is 41.1. The summed E-state index contributed by atoms with van der Waals surface area (Å²) in [5.74, 6) is -10.5. The van der Waals surface area contributed by atoms with Gasteiger partial charge in [-0.05, 0) is 0 Å². The van der Waals surface area contributed by atoms with Crippen LogP contribution in [0.15, 0.2) is 0 Å². The van der Waals surface area contributed by atoms with Crippen LogP contribution in [0.4, 0.5) is 0 Å². The Kier molecular flexibility index (Phi) is 37.9. The van der Waals surface area contributed by atoms with Gasteiger partial charge in [0.25, 0.3) is 11.8 Å². The first-order chi connectivity index (χ1) is 61.4. The number of carboxylic acid groups (broad SMARTS) is 1. The summed E-state index contributed by atoms with van der Waals surface area (Å²) < 4.78 is 110. The maximum absolute atomic E-state index is 14.9. The van der Waals surface area contributed by atoms with Crippen molar-refractivity contribution in [1.82, 2.24) is 43.0 Å². The number of aldehydes is 1. The first-order valence-electron chi connectivity index (χ1n) is 41.1. The molecule has 0 radical (unpaired) electrons. The van der Waals surface area contributed by atoms with Crippen molar-refractivity contribution in [3.8, 4) is 0 Å². The van der Waals surface area contributed by atoms with Gasteiger partial charge in [0.1, 0.15) is 207 Å². The highest BCUT2D eigenvalue weighted by Gasteiger charge is 2.62. The molecule has 6 amide bonds. The van der Waals surface area contributed by atoms with Gasteiger partial charge in [-0.1, -0.05) is 13.8 Å². The number of hydrazine groups is 2. The number of aliphatic hydroxyl groups excluding tert-OH is 22. The van der Waals surface area contributed by atoms with E-state index in [4.69, 9.17) is 90.0 Å². The molecule has 10 fully saturated rings. The average Bonchev–Trinajstić information content (AvgIpc) is 0.759. The van der Waals surface area contributed by atoms with E-state index in [2.05, 4.69) is 43.0 Å². The Morgan fingerprint density at radius 1 is 0.292 bits per heavy atom. The second kappa shape index (κ2) is 46.4. The minimum Gasteiger partial charge on any atom is -0.479 e. The lowest BCUT2D eigenvalue weighted by Crippen LogP contribution is -2.71. The molecule has 0 saturated carbocycles. The molecular weight excluding hydrogens is 1780 g/mol. The molecule has 0 spiro atoms. The number of nitrogens with one attached hydrogen (secondary N) is 8. The van der Waals surface area contributed by atoms with E-state index in [0.29, 0.717) is 0 Å². The predicted octanol–water partition coefficient (Wildman–Crippen LogP) is -20.9. The molecule has 0 aromatic rings. The summed E-state index contributed by atoms with van der Waals surface area (Å²) in [5, 5.41) is 268. The number of ether oxygens (including phenoxy) is 19. The number of amides is 6. The van der Waals surface area contributed by atoms with Gasteiger partial charge in [0, 0.05) is 66.8 Å². The zero-order chi connectivity index (χ0) is 96.0. The van der Waals surface area contributed by atoms with Crippen molar-refractivity contribution in [3.05, 3.63) is 0 Å². The SMILES string of the molecule is CO[C@@H]1OC(CO)[C@@H](O)[C@H](OC2OC(C(=O)NNCC3O[C@H](O[C@H]4OC(CNNC(=O)C5O[C@@H](O[C@@H]6C(NC(C)=O)[C@H](OC)OC(CO)[C@H]6O)C(O)[C@@H](O)[C@@H]5O[C@@H]5OC(CO)[C@@H](O)[C@H](O[C@@H]6OC(C(=O)O)[C@@H](C)[C@H](O)C6O)C5NC(C)=O)[C@@H](O)[C@H](O)C4O)C(O)[C@@H](O)[C@@H]3O)[C@@H](O[C@@H]3OC(CO)[C@@H](O)[C@H](O[C@@H]4OC(C=O)[C@@H](C)[C@H](O)C4O)C3NC(C)=O)[C@H](O)[C@@H]2O)C1NC(C)=O. The summed E-state index contributed by atoms with van der Waals surface area (Å²) >= 11 is 0. The molecule has 58 heteroatoms. The third-order valence-corrected chi connectivity index (χ3v) is 23.6. The van der Waals surface area contributed by atoms with E-state index in [1.807, 2.05) is 0 Å². The summed E-state index contributed by atoms with van der Waals surface area (Å²) in [4.78, 5) is 105. The van der Waals surface area contributed by atoms with E-state index in [0.717, 1.165) is 41.9 Å². The third-order valence-electron chi connectivity index (χ3n) is 23.6. The molecule has 50 atom stereocenters. The Morgan fingerprint density at radius 2 is 0.554 bits per heavy atom. The quantitative estimate of drug-likeness (QED) is 0.0210. The fourth-order valence-corrected chi connectivity index (χ4v) is 16.5. The molecule has 10 aliphatic heterocycles. The van der Waals surface area contributed by atoms with Crippen molar-refractivity contribution < 1.29 is 246 Å². The van der Waals surface area contributed by atoms with Gasteiger partial charge in [0.2, 0.25) is 23.6 Å². The van der Waals surface area contributed by atoms with Gasteiger partial charge in [0.05, 0.1) is 38.6 Å². The maximum atomic E-state index is 14.9. The van der Waals surface area contributed by atoms with Gasteiger partial charge >= 0.3 is 5.97 Å². The summed E-state index contributed by atoms with van der Waals surface area (Å²) in [6.07, 6.45) is -91.4. The minimum atomic E-state index is -2.53. The maximum Gasteiger partial charge on any atom is 0.333 e. The lowest BCUT2D eigenvalue weighted by atomic mass is 9.90. The number of carboxylic acids is 1. The van der Waals surface area contributed by atoms with Crippen LogP contribution in [0.1, 0.15) is 41.5 Å². The second-order valence-electron chi connectivity index (χ2n) is 32.6. The Hall–Kier alpha value is -5.76. The van der Waals surface area contributed by atoms with Crippen LogP contribution in [0.3, 0.4) is 0 Å². The smallest absolute Gasteiger partial charge is 0.333 e. The average molecular weight is 1900 g/mol. The number of aliphatic hydroxyl groups is 22. The Balaban J connectivity index is 0.874. The van der Waals surface area contributed by atoms with Crippen LogP contribution >= 0.6 is 0 Å². The number of carbonyl (C=O) groups excluding carboxylic acids is 7. The second-order valence-corrected chi connectivity index (χ2v) is 32.6. The zero-order valence-corrected chi connectivity index (χ0v) is 70.5. The summed E-state index contributed by atoms with van der Waals surface area (Å²) in [6, 6.07) is -6.98. The highest BCUT2D eigenvalue weighted by atomic mass is 16.8. The van der Waals surface area contributed by atoms with Gasteiger partial charge in [-0.25, -0.2) is 15.6 Å². The van der Waals surface area contributed by atoms with Crippen molar-refractivity contribution in [1.29, 1.82) is 0 Å². The molecule has 58 nitrogen and oxygen atoms in total. The Morgan fingerprint density at radius 3 is 0.854 bits per heavy atom. The molecular formula is C72H118N8O50. The van der Waals surface area contributed by atoms with Crippen LogP contribution in [-0.2, 0) is 128 Å². The van der Waals surface area contributed by atoms with E-state index < -0.39 is 387 Å². The van der Waals surface area contributed by atoms with E-state index >= 15 is 0 Å². The molecule has 10 rings (SSSR count). The topological polar surface area (TPSA) is 873 Å². The van der Waals surface area contributed by atoms with Crippen molar-refractivity contribution in [2.24, 2.45) is 11.8 Å². The highest BCUT2D eigenvalue weighted by molar-refractivity contribution is 5.82. The van der Waals surface area contributed by atoms with Crippen molar-refractivity contribution in [2.75, 3.05) is 53.7 Å². The van der Waals surface area contributed by atoms with E-state index in [9.17, 15) is 156 Å². The number of rotatable bonds is 34. The molecule has 0 aromatic carbocycles. The third kappa shape index (κ3) is 23.5. The first kappa shape index (κ1) is 106. The number of hydrogen-bond donors (Lipinski definition) is 31. The summed E-state index contributed by atoms with van der Waals surface area (Å²) in [5.41, 5.74) is 8.94. The van der Waals surface area contributed by atoms with E-state index in [1.165, 1.54) is 13.8 Å². The fraction of sp³-hybridized carbons (Fsp3) is 0.889. The molecule has 20 unspecified atom stereocenters. The van der Waals surface area contributed by atoms with Crippen LogP contribution < -0.4 is 43.0 Å². The number of carbonyl (C=O) groups is 8. The van der Waals surface area contributed by atoms with Gasteiger partial charge in [-0.3, -0.25) is 39.6 Å². The number of methoxy groups -OCH3 is 2. The lowest BCUT2D eigenvalue weighted by Gasteiger charge is -2.50. The molecule has 0 aliphatic carbocycles. The van der Waals surface area contributed by atoms with Gasteiger partial charge in [-0.15, -0.1) is 0 Å². The molecule has 10 saturated heterocycles. The monoisotopic (exact) mass is 1890 g/mol. The predicted molar refractivity (Wildman–Crippen MR) is 402 cm³/mol. The summed E-state index contributed by atoms with van der Waals surface area (Å²) in [6.45, 7) is 0.514. The zero-order valence-electron chi connectivity index (χ0n) is 70.5. The van der Waals surface area contributed by atoms with Crippen LogP contribution in [-0.4, -0.2) is 513 Å². The fourth-order valence-electron chi connectivity index (χ4n) is 16.5. The molecule has 130 heavy (non-hydrogen) atoms. The molecule has 31 N–H and O–H groups in total. The van der Waals surface area contributed by atoms with Crippen LogP contribution in [0.2, 0.25) is 0 Å². The van der Waals surface area contributed by atoms with E-state index in [1.54, 1.807) is 0 Å². The van der Waals surface area contributed by atoms with Gasteiger partial charge in [-0.2, -0.15) is 0 Å². The van der Waals surface area contributed by atoms with Crippen molar-refractivity contribution in [2.45, 2.75) is 336 Å². The molecule has 0 bridgehead atoms. The standard InChI is InChI=1S/C72H118N8O50/c1-16-24(11-81)116-67(45(102)33(16)90)122-54-31(77-20(5)88)65(119-27(14-84)39(54)96)126-56-43(100)49(106)71(123-52-29(75-18(3)86)63(112-7)117-25(12-82)37(52)94)128-58(56)60(108)79-73-9-22-35(92)41(98)47(104)68(114-22)130-69-48(105)42(99)36(93)23(115-69)10-74-80-61(109)59-57(44(101)50(107)72(129-59)124-53-30(76-19(4)87)64(113-8)118-26(13-83)38(53)95)127-66-32(78-21(6)89)55(40(97)28(15-85)120-66)125-70-46(103)34(91)17(2)51(121-70)62(110)111/h11,16-17,22-59,63-74,82-85,90-107H,9-10,12-15H2,1-8H3,(H,75,86)(H,76,87)(H,77,88)(H,78,89)(H,79,108)(H,80,109)(H,110,111)/t16-,17+,22?,23?,24?,25?,26?,27?,28?,29?,30?,31?,32?,33+,34+,35-,36-,37-,38-,39-,40-,41+,42+,43-,44-,45?,46?,47?,48?,49+,50?,51?,52-,53-,54-,55-,56+,57+,58?,59?,63-,64-,65+,66+,67+,68-,69-,70+,71?,72-/m1/s1. The van der Waals surface area contributed by atoms with Crippen molar-refractivity contribution >= 4 is 47.7 Å².